The first-order valence-electron chi connectivity index (χ1n) is 5.34. The van der Waals surface area contributed by atoms with Gasteiger partial charge >= 0.3 is 0 Å². The SMILES string of the molecule is CCC.Cc1[nH]c2ccc(F)cc2c1C. The number of halogens is 1. The summed E-state index contributed by atoms with van der Waals surface area (Å²) >= 11 is 0. The molecule has 0 radical (unpaired) electrons. The highest BCUT2D eigenvalue weighted by Crippen LogP contribution is 2.21. The molecule has 15 heavy (non-hydrogen) atoms. The number of rotatable bonds is 0. The molecule has 1 nitrogen and oxygen atoms in total. The van der Waals surface area contributed by atoms with Crippen LogP contribution in [0.2, 0.25) is 0 Å². The molecule has 1 N–H and O–H groups in total. The Kier molecular flexibility index (Phi) is 3.89. The van der Waals surface area contributed by atoms with E-state index >= 15 is 0 Å². The Labute approximate surface area is 90.3 Å². The van der Waals surface area contributed by atoms with Crippen LogP contribution in [0.3, 0.4) is 0 Å². The predicted octanol–water partition coefficient (Wildman–Crippen LogP) is 4.34. The van der Waals surface area contributed by atoms with Crippen molar-refractivity contribution in [3.8, 4) is 0 Å². The van der Waals surface area contributed by atoms with Crippen molar-refractivity contribution in [1.29, 1.82) is 0 Å². The third-order valence-corrected chi connectivity index (χ3v) is 2.27. The highest BCUT2D eigenvalue weighted by Gasteiger charge is 2.03. The molecule has 0 bridgehead atoms. The number of nitrogens with one attached hydrogen (secondary N) is 1. The second-order valence-electron chi connectivity index (χ2n) is 3.77. The van der Waals surface area contributed by atoms with Crippen LogP contribution >= 0.6 is 0 Å². The lowest BCUT2D eigenvalue weighted by atomic mass is 10.1. The standard InChI is InChI=1S/C10H10FN.C3H8/c1-6-7(2)12-10-4-3-8(11)5-9(6)10;1-3-2/h3-5,12H,1-2H3;3H2,1-2H3. The van der Waals surface area contributed by atoms with E-state index in [9.17, 15) is 4.39 Å². The van der Waals surface area contributed by atoms with Gasteiger partial charge in [-0.25, -0.2) is 4.39 Å². The number of benzene rings is 1. The van der Waals surface area contributed by atoms with E-state index < -0.39 is 0 Å². The van der Waals surface area contributed by atoms with E-state index in [1.54, 1.807) is 12.1 Å². The van der Waals surface area contributed by atoms with Crippen LogP contribution in [0.1, 0.15) is 31.5 Å². The molecule has 0 fully saturated rings. The summed E-state index contributed by atoms with van der Waals surface area (Å²) in [5, 5.41) is 0.979. The molecule has 0 aliphatic heterocycles. The van der Waals surface area contributed by atoms with Crippen LogP contribution in [0.4, 0.5) is 4.39 Å². The number of aromatic amines is 1. The van der Waals surface area contributed by atoms with Gasteiger partial charge < -0.3 is 4.98 Å². The summed E-state index contributed by atoms with van der Waals surface area (Å²) in [6.45, 7) is 8.24. The summed E-state index contributed by atoms with van der Waals surface area (Å²) in [5.74, 6) is -0.176. The molecule has 0 amide bonds. The lowest BCUT2D eigenvalue weighted by Crippen LogP contribution is -1.73. The number of aromatic nitrogens is 1. The fourth-order valence-corrected chi connectivity index (χ4v) is 1.43. The highest BCUT2D eigenvalue weighted by atomic mass is 19.1. The van der Waals surface area contributed by atoms with Crippen LogP contribution in [0, 0.1) is 19.7 Å². The second-order valence-corrected chi connectivity index (χ2v) is 3.77. The van der Waals surface area contributed by atoms with Crippen molar-refractivity contribution in [2.75, 3.05) is 0 Å². The van der Waals surface area contributed by atoms with Gasteiger partial charge in [-0.3, -0.25) is 0 Å². The van der Waals surface area contributed by atoms with E-state index in [1.807, 2.05) is 13.8 Å². The molecule has 1 aromatic carbocycles. The molecule has 0 spiro atoms. The molecule has 0 unspecified atom stereocenters. The lowest BCUT2D eigenvalue weighted by molar-refractivity contribution is 0.629. The smallest absolute Gasteiger partial charge is 0.123 e. The zero-order valence-corrected chi connectivity index (χ0v) is 9.82. The molecule has 2 rings (SSSR count). The summed E-state index contributed by atoms with van der Waals surface area (Å²) in [5.41, 5.74) is 3.24. The number of hydrogen-bond acceptors (Lipinski definition) is 0. The maximum Gasteiger partial charge on any atom is 0.123 e. The minimum Gasteiger partial charge on any atom is -0.358 e. The van der Waals surface area contributed by atoms with Crippen molar-refractivity contribution in [3.63, 3.8) is 0 Å². The van der Waals surface area contributed by atoms with E-state index in [0.717, 1.165) is 22.2 Å². The molecule has 0 saturated heterocycles. The topological polar surface area (TPSA) is 15.8 Å². The molecule has 0 aliphatic rings. The molecule has 2 heteroatoms. The molecule has 0 saturated carbocycles. The Bertz CT molecular complexity index is 443. The van der Waals surface area contributed by atoms with Crippen LogP contribution in [0.15, 0.2) is 18.2 Å². The van der Waals surface area contributed by atoms with Gasteiger partial charge in [-0.15, -0.1) is 0 Å². The monoisotopic (exact) mass is 207 g/mol. The summed E-state index contributed by atoms with van der Waals surface area (Å²) in [6, 6.07) is 4.80. The van der Waals surface area contributed by atoms with Crippen LogP contribution in [-0.2, 0) is 0 Å². The third-order valence-electron chi connectivity index (χ3n) is 2.27. The molecule has 82 valence electrons. The number of H-pyrrole nitrogens is 1. The molecule has 1 heterocycles. The van der Waals surface area contributed by atoms with Crippen molar-refractivity contribution in [1.82, 2.24) is 4.98 Å². The molecular weight excluding hydrogens is 189 g/mol. The van der Waals surface area contributed by atoms with Crippen molar-refractivity contribution in [2.24, 2.45) is 0 Å². The first-order valence-corrected chi connectivity index (χ1v) is 5.34. The Morgan fingerprint density at radius 1 is 1.20 bits per heavy atom. The largest absolute Gasteiger partial charge is 0.358 e. The highest BCUT2D eigenvalue weighted by molar-refractivity contribution is 5.84. The van der Waals surface area contributed by atoms with Crippen molar-refractivity contribution < 1.29 is 4.39 Å². The first kappa shape index (κ1) is 11.8. The van der Waals surface area contributed by atoms with Gasteiger partial charge in [-0.05, 0) is 37.6 Å². The molecule has 0 atom stereocenters. The van der Waals surface area contributed by atoms with Gasteiger partial charge in [0, 0.05) is 16.6 Å². The Morgan fingerprint density at radius 3 is 2.40 bits per heavy atom. The molecule has 1 aromatic heterocycles. The Morgan fingerprint density at radius 2 is 1.80 bits per heavy atom. The van der Waals surface area contributed by atoms with Gasteiger partial charge in [0.25, 0.3) is 0 Å². The van der Waals surface area contributed by atoms with Gasteiger partial charge in [0.05, 0.1) is 0 Å². The number of aryl methyl sites for hydroxylation is 2. The van der Waals surface area contributed by atoms with Gasteiger partial charge in [0.2, 0.25) is 0 Å². The van der Waals surface area contributed by atoms with Gasteiger partial charge in [0.1, 0.15) is 5.82 Å². The molecule has 0 aliphatic carbocycles. The van der Waals surface area contributed by atoms with Gasteiger partial charge in [-0.1, -0.05) is 20.3 Å². The number of fused-ring (bicyclic) bond motifs is 1. The Balaban J connectivity index is 0.000000337. The summed E-state index contributed by atoms with van der Waals surface area (Å²) in [4.78, 5) is 3.19. The Hall–Kier alpha value is -1.31. The van der Waals surface area contributed by atoms with Crippen molar-refractivity contribution in [3.05, 3.63) is 35.3 Å². The summed E-state index contributed by atoms with van der Waals surface area (Å²) < 4.78 is 12.8. The summed E-state index contributed by atoms with van der Waals surface area (Å²) in [7, 11) is 0. The zero-order chi connectivity index (χ0) is 11.4. The maximum absolute atomic E-state index is 12.8. The average Bonchev–Trinajstić information content (AvgIpc) is 2.46. The van der Waals surface area contributed by atoms with Crippen LogP contribution in [0.25, 0.3) is 10.9 Å². The first-order chi connectivity index (χ1) is 7.10. The van der Waals surface area contributed by atoms with Gasteiger partial charge in [-0.2, -0.15) is 0 Å². The quantitative estimate of drug-likeness (QED) is 0.661. The van der Waals surface area contributed by atoms with E-state index in [1.165, 1.54) is 12.5 Å². The fraction of sp³-hybridized carbons (Fsp3) is 0.385. The number of hydrogen-bond donors (Lipinski definition) is 1. The van der Waals surface area contributed by atoms with E-state index in [2.05, 4.69) is 18.8 Å². The second kappa shape index (κ2) is 4.96. The summed E-state index contributed by atoms with van der Waals surface area (Å²) in [6.07, 6.45) is 1.25. The van der Waals surface area contributed by atoms with Crippen molar-refractivity contribution in [2.45, 2.75) is 34.1 Å². The lowest BCUT2D eigenvalue weighted by Gasteiger charge is -1.90. The molecule has 2 aromatic rings. The zero-order valence-electron chi connectivity index (χ0n) is 9.82. The normalized spacial score (nSPS) is 9.93. The third kappa shape index (κ3) is 2.58. The predicted molar refractivity (Wildman–Crippen MR) is 63.7 cm³/mol. The van der Waals surface area contributed by atoms with Crippen molar-refractivity contribution >= 4 is 10.9 Å². The van der Waals surface area contributed by atoms with E-state index in [-0.39, 0.29) is 5.82 Å². The van der Waals surface area contributed by atoms with Gasteiger partial charge in [0.15, 0.2) is 0 Å². The minimum absolute atomic E-state index is 0.176. The van der Waals surface area contributed by atoms with Crippen LogP contribution < -0.4 is 0 Å². The fourth-order valence-electron chi connectivity index (χ4n) is 1.43. The average molecular weight is 207 g/mol. The minimum atomic E-state index is -0.176. The van der Waals surface area contributed by atoms with Crippen LogP contribution in [0.5, 0.6) is 0 Å². The maximum atomic E-state index is 12.8. The van der Waals surface area contributed by atoms with Crippen LogP contribution in [-0.4, -0.2) is 4.98 Å². The van der Waals surface area contributed by atoms with E-state index in [4.69, 9.17) is 0 Å². The van der Waals surface area contributed by atoms with E-state index in [0.29, 0.717) is 0 Å². The molecular formula is C13H18FN.